The molecule has 0 amide bonds. The Hall–Kier alpha value is -0.540. The molecular formula is C6H11ClN2O. The summed E-state index contributed by atoms with van der Waals surface area (Å²) >= 11 is 0. The molecule has 2 N–H and O–H groups in total. The van der Waals surface area contributed by atoms with E-state index < -0.39 is 0 Å². The molecule has 3 nitrogen and oxygen atoms in total. The quantitative estimate of drug-likeness (QED) is 0.451. The molecule has 0 aliphatic carbocycles. The minimum absolute atomic E-state index is 0. The van der Waals surface area contributed by atoms with Crippen LogP contribution in [-0.4, -0.2) is 30.3 Å². The van der Waals surface area contributed by atoms with Gasteiger partial charge in [0, 0.05) is 25.3 Å². The molecule has 0 saturated carbocycles. The van der Waals surface area contributed by atoms with E-state index in [9.17, 15) is 4.79 Å². The monoisotopic (exact) mass is 162 g/mol. The third kappa shape index (κ3) is 2.37. The number of likely N-dealkylation sites (tertiary alicyclic amines) is 1. The first-order valence-electron chi connectivity index (χ1n) is 2.94. The summed E-state index contributed by atoms with van der Waals surface area (Å²) in [6.45, 7) is 1.76. The highest BCUT2D eigenvalue weighted by Crippen LogP contribution is 2.03. The van der Waals surface area contributed by atoms with Crippen LogP contribution in [0.15, 0.2) is 12.3 Å². The molecule has 1 aliphatic heterocycles. The first-order chi connectivity index (χ1) is 4.33. The molecule has 0 aromatic rings. The van der Waals surface area contributed by atoms with E-state index in [1.54, 1.807) is 6.20 Å². The van der Waals surface area contributed by atoms with Crippen molar-refractivity contribution in [3.05, 3.63) is 12.3 Å². The smallest absolute Gasteiger partial charge is 0.144 e. The lowest BCUT2D eigenvalue weighted by Crippen LogP contribution is -2.52. The second kappa shape index (κ2) is 4.30. The molecule has 0 unspecified atom stereocenters. The Kier molecular flexibility index (Phi) is 4.07. The molecule has 0 spiro atoms. The number of nitrogens with zero attached hydrogens (tertiary/aromatic N) is 1. The number of rotatable bonds is 2. The molecule has 1 heterocycles. The van der Waals surface area contributed by atoms with Crippen molar-refractivity contribution in [3.8, 4) is 0 Å². The second-order valence-corrected chi connectivity index (χ2v) is 2.19. The molecule has 1 rings (SSSR count). The minimum Gasteiger partial charge on any atom is -0.374 e. The van der Waals surface area contributed by atoms with Crippen LogP contribution >= 0.6 is 12.4 Å². The van der Waals surface area contributed by atoms with Crippen LogP contribution in [0.1, 0.15) is 0 Å². The summed E-state index contributed by atoms with van der Waals surface area (Å²) in [6.07, 6.45) is 4.01. The van der Waals surface area contributed by atoms with Crippen molar-refractivity contribution < 1.29 is 4.79 Å². The number of carbonyl (C=O) groups excluding carboxylic acids is 1. The van der Waals surface area contributed by atoms with Crippen LogP contribution in [0, 0.1) is 0 Å². The Balaban J connectivity index is 0.000000810. The van der Waals surface area contributed by atoms with E-state index in [0.717, 1.165) is 19.4 Å². The van der Waals surface area contributed by atoms with Crippen molar-refractivity contribution in [2.45, 2.75) is 6.04 Å². The number of carbonyl (C=O) groups is 1. The van der Waals surface area contributed by atoms with Gasteiger partial charge in [-0.3, -0.25) is 4.79 Å². The lowest BCUT2D eigenvalue weighted by atomic mass is 10.1. The zero-order valence-corrected chi connectivity index (χ0v) is 6.38. The van der Waals surface area contributed by atoms with Gasteiger partial charge < -0.3 is 10.6 Å². The van der Waals surface area contributed by atoms with Crippen molar-refractivity contribution in [3.63, 3.8) is 0 Å². The van der Waals surface area contributed by atoms with E-state index in [1.807, 2.05) is 4.90 Å². The van der Waals surface area contributed by atoms with Crippen molar-refractivity contribution in [2.75, 3.05) is 13.1 Å². The molecule has 0 bridgehead atoms. The Morgan fingerprint density at radius 3 is 2.50 bits per heavy atom. The average molecular weight is 163 g/mol. The van der Waals surface area contributed by atoms with Crippen LogP contribution in [0.3, 0.4) is 0 Å². The van der Waals surface area contributed by atoms with Crippen molar-refractivity contribution >= 4 is 18.7 Å². The van der Waals surface area contributed by atoms with E-state index in [-0.39, 0.29) is 12.4 Å². The summed E-state index contributed by atoms with van der Waals surface area (Å²) in [4.78, 5) is 11.8. The number of hydrogen-bond acceptors (Lipinski definition) is 3. The van der Waals surface area contributed by atoms with Crippen LogP contribution in [0.2, 0.25) is 0 Å². The summed E-state index contributed by atoms with van der Waals surface area (Å²) in [5.41, 5.74) is 5.48. The van der Waals surface area contributed by atoms with E-state index in [2.05, 4.69) is 0 Å². The number of hydrogen-bond donors (Lipinski definition) is 1. The van der Waals surface area contributed by atoms with Gasteiger partial charge in [0.05, 0.1) is 0 Å². The fourth-order valence-electron chi connectivity index (χ4n) is 0.828. The lowest BCUT2D eigenvalue weighted by molar-refractivity contribution is -0.104. The predicted molar refractivity (Wildman–Crippen MR) is 42.0 cm³/mol. The predicted octanol–water partition coefficient (Wildman–Crippen LogP) is -0.236. The molecule has 1 saturated heterocycles. The molecule has 0 radical (unpaired) electrons. The summed E-state index contributed by atoms with van der Waals surface area (Å²) in [5, 5.41) is 0. The van der Waals surface area contributed by atoms with Gasteiger partial charge in [0.25, 0.3) is 0 Å². The fourth-order valence-corrected chi connectivity index (χ4v) is 0.828. The molecular weight excluding hydrogens is 152 g/mol. The van der Waals surface area contributed by atoms with Gasteiger partial charge in [0.2, 0.25) is 0 Å². The van der Waals surface area contributed by atoms with E-state index in [4.69, 9.17) is 5.73 Å². The number of allylic oxidation sites excluding steroid dienone is 1. The van der Waals surface area contributed by atoms with E-state index >= 15 is 0 Å². The molecule has 58 valence electrons. The first kappa shape index (κ1) is 9.46. The summed E-state index contributed by atoms with van der Waals surface area (Å²) in [6, 6.07) is 0.307. The highest BCUT2D eigenvalue weighted by Gasteiger charge is 2.18. The van der Waals surface area contributed by atoms with Gasteiger partial charge in [0.1, 0.15) is 6.29 Å². The molecule has 4 heteroatoms. The van der Waals surface area contributed by atoms with Gasteiger partial charge >= 0.3 is 0 Å². The van der Waals surface area contributed by atoms with Crippen molar-refractivity contribution in [1.82, 2.24) is 4.90 Å². The van der Waals surface area contributed by atoms with E-state index in [1.165, 1.54) is 6.08 Å². The number of halogens is 1. The van der Waals surface area contributed by atoms with Crippen LogP contribution in [0.5, 0.6) is 0 Å². The van der Waals surface area contributed by atoms with Gasteiger partial charge in [-0.15, -0.1) is 12.4 Å². The van der Waals surface area contributed by atoms with Crippen LogP contribution < -0.4 is 5.73 Å². The molecule has 1 fully saturated rings. The van der Waals surface area contributed by atoms with Gasteiger partial charge in [-0.05, 0) is 6.08 Å². The molecule has 10 heavy (non-hydrogen) atoms. The highest BCUT2D eigenvalue weighted by atomic mass is 35.5. The minimum atomic E-state index is 0. The Bertz CT molecular complexity index is 132. The SMILES string of the molecule is Cl.NC1CN(C=CC=O)C1. The standard InChI is InChI=1S/C6H10N2O.ClH/c7-6-4-8(5-6)2-1-3-9;/h1-3,6H,4-5,7H2;1H. The summed E-state index contributed by atoms with van der Waals surface area (Å²) < 4.78 is 0. The van der Waals surface area contributed by atoms with Gasteiger partial charge in [0.15, 0.2) is 0 Å². The van der Waals surface area contributed by atoms with Crippen LogP contribution in [-0.2, 0) is 4.79 Å². The Morgan fingerprint density at radius 1 is 1.50 bits per heavy atom. The molecule has 0 atom stereocenters. The fraction of sp³-hybridized carbons (Fsp3) is 0.500. The molecule has 0 aromatic heterocycles. The number of aldehydes is 1. The largest absolute Gasteiger partial charge is 0.374 e. The highest BCUT2D eigenvalue weighted by molar-refractivity contribution is 5.85. The lowest BCUT2D eigenvalue weighted by Gasteiger charge is -2.35. The maximum absolute atomic E-state index is 9.79. The average Bonchev–Trinajstić information content (AvgIpc) is 1.78. The molecule has 0 aromatic carbocycles. The maximum atomic E-state index is 9.79. The van der Waals surface area contributed by atoms with Crippen molar-refractivity contribution in [1.29, 1.82) is 0 Å². The second-order valence-electron chi connectivity index (χ2n) is 2.19. The first-order valence-corrected chi connectivity index (χ1v) is 2.94. The maximum Gasteiger partial charge on any atom is 0.144 e. The van der Waals surface area contributed by atoms with E-state index in [0.29, 0.717) is 6.04 Å². The molecule has 1 aliphatic rings. The topological polar surface area (TPSA) is 46.3 Å². The van der Waals surface area contributed by atoms with Gasteiger partial charge in [-0.25, -0.2) is 0 Å². The van der Waals surface area contributed by atoms with Gasteiger partial charge in [-0.1, -0.05) is 0 Å². The van der Waals surface area contributed by atoms with Gasteiger partial charge in [-0.2, -0.15) is 0 Å². The third-order valence-corrected chi connectivity index (χ3v) is 1.31. The van der Waals surface area contributed by atoms with Crippen LogP contribution in [0.4, 0.5) is 0 Å². The summed E-state index contributed by atoms with van der Waals surface area (Å²) in [5.74, 6) is 0. The number of nitrogens with two attached hydrogens (primary N) is 1. The summed E-state index contributed by atoms with van der Waals surface area (Å²) in [7, 11) is 0. The van der Waals surface area contributed by atoms with Crippen LogP contribution in [0.25, 0.3) is 0 Å². The normalized spacial score (nSPS) is 18.3. The third-order valence-electron chi connectivity index (χ3n) is 1.31. The Morgan fingerprint density at radius 2 is 2.10 bits per heavy atom. The van der Waals surface area contributed by atoms with Crippen molar-refractivity contribution in [2.24, 2.45) is 5.73 Å². The zero-order chi connectivity index (χ0) is 6.69. The Labute approximate surface area is 66.3 Å². The zero-order valence-electron chi connectivity index (χ0n) is 5.56.